The van der Waals surface area contributed by atoms with Gasteiger partial charge in [-0.1, -0.05) is 23.7 Å². The number of anilines is 1. The van der Waals surface area contributed by atoms with Crippen LogP contribution in [0.25, 0.3) is 0 Å². The second-order valence-electron chi connectivity index (χ2n) is 4.07. The molecule has 0 radical (unpaired) electrons. The van der Waals surface area contributed by atoms with Crippen LogP contribution in [0.4, 0.5) is 5.69 Å². The van der Waals surface area contributed by atoms with E-state index in [4.69, 9.17) is 17.3 Å². The van der Waals surface area contributed by atoms with Gasteiger partial charge in [0.25, 0.3) is 5.91 Å². The second-order valence-corrected chi connectivity index (χ2v) is 5.48. The van der Waals surface area contributed by atoms with E-state index in [1.807, 2.05) is 12.1 Å². The molecule has 3 N–H and O–H groups in total. The lowest BCUT2D eigenvalue weighted by atomic mass is 10.2. The molecule has 2 amide bonds. The number of nitrogens with one attached hydrogen (secondary N) is 1. The number of hydrogen-bond acceptors (Lipinski definition) is 4. The molecule has 0 fully saturated rings. The van der Waals surface area contributed by atoms with Gasteiger partial charge in [-0.2, -0.15) is 0 Å². The van der Waals surface area contributed by atoms with Crippen molar-refractivity contribution in [2.24, 2.45) is 5.73 Å². The fourth-order valence-corrected chi connectivity index (χ4v) is 2.50. The second kappa shape index (κ2) is 7.10. The summed E-state index contributed by atoms with van der Waals surface area (Å²) >= 11 is 7.03. The van der Waals surface area contributed by atoms with Gasteiger partial charge < -0.3 is 11.1 Å². The first-order valence-electron chi connectivity index (χ1n) is 5.99. The SMILES string of the molecule is NC(=O)CSc1ccccc1NC(=O)c1ccnc(Cl)c1. The molecule has 5 nitrogen and oxygen atoms in total. The molecule has 0 aliphatic carbocycles. The number of hydrogen-bond donors (Lipinski definition) is 2. The van der Waals surface area contributed by atoms with Crippen molar-refractivity contribution in [3.8, 4) is 0 Å². The first kappa shape index (κ1) is 15.3. The quantitative estimate of drug-likeness (QED) is 0.654. The Kier molecular flexibility index (Phi) is 5.19. The number of rotatable bonds is 5. The van der Waals surface area contributed by atoms with Crippen LogP contribution in [0.2, 0.25) is 5.15 Å². The number of pyridine rings is 1. The Morgan fingerprint density at radius 3 is 2.76 bits per heavy atom. The molecule has 0 saturated heterocycles. The van der Waals surface area contributed by atoms with Gasteiger partial charge in [-0.25, -0.2) is 4.98 Å². The number of nitrogens with two attached hydrogens (primary N) is 1. The molecular formula is C14H12ClN3O2S. The first-order chi connectivity index (χ1) is 10.1. The van der Waals surface area contributed by atoms with E-state index >= 15 is 0 Å². The number of amides is 2. The predicted octanol–water partition coefficient (Wildman–Crippen LogP) is 2.56. The summed E-state index contributed by atoms with van der Waals surface area (Å²) in [6.07, 6.45) is 1.46. The molecule has 0 spiro atoms. The minimum Gasteiger partial charge on any atom is -0.369 e. The lowest BCUT2D eigenvalue weighted by molar-refractivity contribution is -0.115. The van der Waals surface area contributed by atoms with Gasteiger partial charge in [-0.15, -0.1) is 11.8 Å². The summed E-state index contributed by atoms with van der Waals surface area (Å²) in [6.45, 7) is 0. The zero-order valence-corrected chi connectivity index (χ0v) is 12.4. The van der Waals surface area contributed by atoms with Crippen LogP contribution in [0.5, 0.6) is 0 Å². The van der Waals surface area contributed by atoms with Crippen molar-refractivity contribution in [1.29, 1.82) is 0 Å². The minimum absolute atomic E-state index is 0.147. The Labute approximate surface area is 130 Å². The Balaban J connectivity index is 2.15. The van der Waals surface area contributed by atoms with E-state index in [0.29, 0.717) is 11.3 Å². The summed E-state index contributed by atoms with van der Waals surface area (Å²) in [4.78, 5) is 27.6. The Hall–Kier alpha value is -2.05. The van der Waals surface area contributed by atoms with Gasteiger partial charge in [0.2, 0.25) is 5.91 Å². The van der Waals surface area contributed by atoms with Gasteiger partial charge >= 0.3 is 0 Å². The molecule has 1 aromatic carbocycles. The van der Waals surface area contributed by atoms with Gasteiger partial charge in [0.15, 0.2) is 0 Å². The van der Waals surface area contributed by atoms with Crippen LogP contribution in [0.3, 0.4) is 0 Å². The van der Waals surface area contributed by atoms with E-state index in [2.05, 4.69) is 10.3 Å². The van der Waals surface area contributed by atoms with Crippen LogP contribution < -0.4 is 11.1 Å². The lowest BCUT2D eigenvalue weighted by Gasteiger charge is -2.10. The van der Waals surface area contributed by atoms with E-state index < -0.39 is 5.91 Å². The van der Waals surface area contributed by atoms with Crippen LogP contribution >= 0.6 is 23.4 Å². The third-order valence-corrected chi connectivity index (χ3v) is 3.80. The fourth-order valence-electron chi connectivity index (χ4n) is 1.58. The van der Waals surface area contributed by atoms with E-state index in [1.54, 1.807) is 18.2 Å². The Morgan fingerprint density at radius 1 is 1.29 bits per heavy atom. The number of carbonyl (C=O) groups excluding carboxylic acids is 2. The number of primary amides is 1. The number of benzene rings is 1. The van der Waals surface area contributed by atoms with Crippen molar-refractivity contribution in [2.45, 2.75) is 4.90 Å². The van der Waals surface area contributed by atoms with Crippen LogP contribution in [0.15, 0.2) is 47.5 Å². The third kappa shape index (κ3) is 4.47. The highest BCUT2D eigenvalue weighted by Gasteiger charge is 2.10. The lowest BCUT2D eigenvalue weighted by Crippen LogP contribution is -2.14. The highest BCUT2D eigenvalue weighted by molar-refractivity contribution is 8.00. The number of nitrogens with zero attached hydrogens (tertiary/aromatic N) is 1. The van der Waals surface area contributed by atoms with Gasteiger partial charge in [0, 0.05) is 16.7 Å². The van der Waals surface area contributed by atoms with Crippen molar-refractivity contribution >= 4 is 40.9 Å². The van der Waals surface area contributed by atoms with Crippen LogP contribution in [-0.2, 0) is 4.79 Å². The largest absolute Gasteiger partial charge is 0.369 e. The molecule has 2 aromatic rings. The monoisotopic (exact) mass is 321 g/mol. The minimum atomic E-state index is -0.415. The number of carbonyl (C=O) groups is 2. The molecular weight excluding hydrogens is 310 g/mol. The average Bonchev–Trinajstić information content (AvgIpc) is 2.46. The third-order valence-electron chi connectivity index (χ3n) is 2.49. The molecule has 21 heavy (non-hydrogen) atoms. The molecule has 0 unspecified atom stereocenters. The van der Waals surface area contributed by atoms with Crippen molar-refractivity contribution in [3.63, 3.8) is 0 Å². The van der Waals surface area contributed by atoms with E-state index in [9.17, 15) is 9.59 Å². The van der Waals surface area contributed by atoms with E-state index in [-0.39, 0.29) is 16.8 Å². The van der Waals surface area contributed by atoms with Crippen molar-refractivity contribution in [2.75, 3.05) is 11.1 Å². The summed E-state index contributed by atoms with van der Waals surface area (Å²) in [7, 11) is 0. The molecule has 108 valence electrons. The average molecular weight is 322 g/mol. The van der Waals surface area contributed by atoms with Gasteiger partial charge in [0.1, 0.15) is 5.15 Å². The molecule has 0 bridgehead atoms. The van der Waals surface area contributed by atoms with Crippen molar-refractivity contribution < 1.29 is 9.59 Å². The molecule has 0 saturated carbocycles. The summed E-state index contributed by atoms with van der Waals surface area (Å²) in [5, 5.41) is 3.03. The highest BCUT2D eigenvalue weighted by atomic mass is 35.5. The molecule has 0 atom stereocenters. The van der Waals surface area contributed by atoms with Crippen molar-refractivity contribution in [1.82, 2.24) is 4.98 Å². The standard InChI is InChI=1S/C14H12ClN3O2S/c15-12-7-9(5-6-17-12)14(20)18-10-3-1-2-4-11(10)21-8-13(16)19/h1-7H,8H2,(H2,16,19)(H,18,20). The smallest absolute Gasteiger partial charge is 0.255 e. The zero-order chi connectivity index (χ0) is 15.2. The molecule has 0 aliphatic rings. The normalized spacial score (nSPS) is 10.1. The van der Waals surface area contributed by atoms with Crippen LogP contribution in [0.1, 0.15) is 10.4 Å². The van der Waals surface area contributed by atoms with Crippen molar-refractivity contribution in [3.05, 3.63) is 53.3 Å². The molecule has 2 rings (SSSR count). The zero-order valence-electron chi connectivity index (χ0n) is 10.9. The summed E-state index contributed by atoms with van der Waals surface area (Å²) in [5.74, 6) is -0.568. The molecule has 7 heteroatoms. The molecule has 0 aliphatic heterocycles. The van der Waals surface area contributed by atoms with Crippen LogP contribution in [-0.4, -0.2) is 22.6 Å². The predicted molar refractivity (Wildman–Crippen MR) is 83.6 cm³/mol. The summed E-state index contributed by atoms with van der Waals surface area (Å²) in [5.41, 5.74) is 6.15. The maximum absolute atomic E-state index is 12.2. The van der Waals surface area contributed by atoms with Crippen LogP contribution in [0, 0.1) is 0 Å². The Bertz CT molecular complexity index is 679. The topological polar surface area (TPSA) is 85.1 Å². The highest BCUT2D eigenvalue weighted by Crippen LogP contribution is 2.27. The number of halogens is 1. The van der Waals surface area contributed by atoms with Gasteiger partial charge in [0.05, 0.1) is 11.4 Å². The fraction of sp³-hybridized carbons (Fsp3) is 0.0714. The van der Waals surface area contributed by atoms with E-state index in [1.165, 1.54) is 24.0 Å². The number of para-hydroxylation sites is 1. The number of thioether (sulfide) groups is 1. The first-order valence-corrected chi connectivity index (χ1v) is 7.35. The van der Waals surface area contributed by atoms with Gasteiger partial charge in [-0.05, 0) is 24.3 Å². The summed E-state index contributed by atoms with van der Waals surface area (Å²) in [6, 6.07) is 10.2. The van der Waals surface area contributed by atoms with E-state index in [0.717, 1.165) is 4.90 Å². The molecule has 1 aromatic heterocycles. The Morgan fingerprint density at radius 2 is 2.05 bits per heavy atom. The molecule has 1 heterocycles. The summed E-state index contributed by atoms with van der Waals surface area (Å²) < 4.78 is 0. The maximum Gasteiger partial charge on any atom is 0.255 e. The maximum atomic E-state index is 12.2. The number of aromatic nitrogens is 1. The van der Waals surface area contributed by atoms with Gasteiger partial charge in [-0.3, -0.25) is 9.59 Å².